The van der Waals surface area contributed by atoms with Crippen molar-refractivity contribution >= 4 is 16.6 Å². The average Bonchev–Trinajstić information content (AvgIpc) is 2.48. The minimum absolute atomic E-state index is 0.00872. The predicted octanol–water partition coefficient (Wildman–Crippen LogP) is 3.55. The van der Waals surface area contributed by atoms with Gasteiger partial charge in [0, 0.05) is 18.1 Å². The minimum atomic E-state index is 0.00872. The molecular formula is C17H23N3. The summed E-state index contributed by atoms with van der Waals surface area (Å²) in [6.45, 7) is 2.99. The number of nitrogens with one attached hydrogen (secondary N) is 1. The number of fused-ring (bicyclic) bond motifs is 1. The number of hydrogen-bond donors (Lipinski definition) is 2. The van der Waals surface area contributed by atoms with Crippen LogP contribution in [0.1, 0.15) is 32.6 Å². The first kappa shape index (κ1) is 13.4. The normalized spacial score (nSPS) is 26.6. The van der Waals surface area contributed by atoms with E-state index in [2.05, 4.69) is 47.6 Å². The molecule has 3 rings (SSSR count). The van der Waals surface area contributed by atoms with E-state index in [-0.39, 0.29) is 5.54 Å². The number of pyridine rings is 1. The lowest BCUT2D eigenvalue weighted by molar-refractivity contribution is 0.263. The molecule has 106 valence electrons. The van der Waals surface area contributed by atoms with Crippen molar-refractivity contribution in [3.05, 3.63) is 36.5 Å². The minimum Gasteiger partial charge on any atom is -0.363 e. The summed E-state index contributed by atoms with van der Waals surface area (Å²) in [5.41, 5.74) is 6.11. The Labute approximate surface area is 120 Å². The fourth-order valence-electron chi connectivity index (χ4n) is 3.48. The van der Waals surface area contributed by atoms with Gasteiger partial charge in [0.2, 0.25) is 0 Å². The van der Waals surface area contributed by atoms with E-state index in [1.54, 1.807) is 0 Å². The summed E-state index contributed by atoms with van der Waals surface area (Å²) >= 11 is 0. The molecule has 1 aliphatic rings. The van der Waals surface area contributed by atoms with Crippen LogP contribution in [0.25, 0.3) is 10.8 Å². The summed E-state index contributed by atoms with van der Waals surface area (Å²) in [7, 11) is 0. The summed E-state index contributed by atoms with van der Waals surface area (Å²) in [5, 5.41) is 6.09. The molecule has 3 N–H and O–H groups in total. The Hall–Kier alpha value is -1.61. The molecule has 1 aliphatic carbocycles. The number of hydrogen-bond acceptors (Lipinski definition) is 3. The van der Waals surface area contributed by atoms with Crippen LogP contribution in [-0.2, 0) is 0 Å². The molecular weight excluding hydrogens is 246 g/mol. The number of anilines is 1. The molecule has 2 aromatic rings. The fourth-order valence-corrected chi connectivity index (χ4v) is 3.48. The summed E-state index contributed by atoms with van der Waals surface area (Å²) in [6.07, 6.45) is 6.71. The first-order valence-corrected chi connectivity index (χ1v) is 7.54. The molecule has 2 atom stereocenters. The van der Waals surface area contributed by atoms with E-state index in [0.29, 0.717) is 6.54 Å². The summed E-state index contributed by atoms with van der Waals surface area (Å²) < 4.78 is 0. The summed E-state index contributed by atoms with van der Waals surface area (Å²) in [5.74, 6) is 1.71. The van der Waals surface area contributed by atoms with Crippen LogP contribution in [0.5, 0.6) is 0 Å². The Balaban J connectivity index is 1.95. The van der Waals surface area contributed by atoms with Gasteiger partial charge in [-0.1, -0.05) is 44.0 Å². The van der Waals surface area contributed by atoms with Gasteiger partial charge >= 0.3 is 0 Å². The lowest BCUT2D eigenvalue weighted by Gasteiger charge is -2.40. The van der Waals surface area contributed by atoms with Crippen LogP contribution in [0.3, 0.4) is 0 Å². The van der Waals surface area contributed by atoms with E-state index in [0.717, 1.165) is 24.6 Å². The number of rotatable bonds is 3. The third-order valence-corrected chi connectivity index (χ3v) is 4.54. The second-order valence-corrected chi connectivity index (χ2v) is 6.19. The molecule has 1 fully saturated rings. The van der Waals surface area contributed by atoms with Gasteiger partial charge in [-0.25, -0.2) is 4.98 Å². The highest BCUT2D eigenvalue weighted by molar-refractivity contribution is 5.91. The van der Waals surface area contributed by atoms with E-state index >= 15 is 0 Å². The zero-order valence-electron chi connectivity index (χ0n) is 12.1. The van der Waals surface area contributed by atoms with Crippen LogP contribution < -0.4 is 11.1 Å². The van der Waals surface area contributed by atoms with Crippen LogP contribution in [0.2, 0.25) is 0 Å². The second kappa shape index (κ2) is 5.41. The lowest BCUT2D eigenvalue weighted by Crippen LogP contribution is -2.48. The Morgan fingerprint density at radius 2 is 2.20 bits per heavy atom. The van der Waals surface area contributed by atoms with Gasteiger partial charge in [0.1, 0.15) is 5.82 Å². The molecule has 1 aromatic heterocycles. The van der Waals surface area contributed by atoms with E-state index < -0.39 is 0 Å². The van der Waals surface area contributed by atoms with Crippen LogP contribution in [-0.4, -0.2) is 17.1 Å². The molecule has 1 aromatic carbocycles. The Bertz CT molecular complexity index is 590. The van der Waals surface area contributed by atoms with Crippen molar-refractivity contribution < 1.29 is 0 Å². The molecule has 1 saturated carbocycles. The summed E-state index contributed by atoms with van der Waals surface area (Å²) in [4.78, 5) is 4.55. The maximum Gasteiger partial charge on any atom is 0.134 e. The first-order chi connectivity index (χ1) is 9.72. The third-order valence-electron chi connectivity index (χ3n) is 4.54. The smallest absolute Gasteiger partial charge is 0.134 e. The third kappa shape index (κ3) is 2.50. The molecule has 0 bridgehead atoms. The van der Waals surface area contributed by atoms with Gasteiger partial charge in [-0.3, -0.25) is 0 Å². The zero-order chi connectivity index (χ0) is 14.0. The number of nitrogens with zero attached hydrogens (tertiary/aromatic N) is 1. The molecule has 3 heteroatoms. The van der Waals surface area contributed by atoms with Crippen molar-refractivity contribution in [2.24, 2.45) is 11.7 Å². The number of nitrogens with two attached hydrogens (primary N) is 1. The van der Waals surface area contributed by atoms with Crippen molar-refractivity contribution in [2.75, 3.05) is 11.9 Å². The molecule has 3 nitrogen and oxygen atoms in total. The van der Waals surface area contributed by atoms with E-state index in [4.69, 9.17) is 5.73 Å². The molecule has 1 heterocycles. The second-order valence-electron chi connectivity index (χ2n) is 6.19. The standard InChI is InChI=1S/C17H23N3/c1-13-5-4-9-17(11-13,12-18)20-16-15-7-3-2-6-14(15)8-10-19-16/h2-3,6-8,10,13H,4-5,9,11-12,18H2,1H3,(H,19,20). The molecule has 2 unspecified atom stereocenters. The molecule has 0 radical (unpaired) electrons. The summed E-state index contributed by atoms with van der Waals surface area (Å²) in [6, 6.07) is 10.4. The van der Waals surface area contributed by atoms with Crippen LogP contribution in [0.4, 0.5) is 5.82 Å². The van der Waals surface area contributed by atoms with Gasteiger partial charge in [0.15, 0.2) is 0 Å². The number of aromatic nitrogens is 1. The van der Waals surface area contributed by atoms with Crippen molar-refractivity contribution in [2.45, 2.75) is 38.1 Å². The van der Waals surface area contributed by atoms with Gasteiger partial charge in [-0.15, -0.1) is 0 Å². The van der Waals surface area contributed by atoms with Crippen LogP contribution >= 0.6 is 0 Å². The highest BCUT2D eigenvalue weighted by Crippen LogP contribution is 2.35. The fraction of sp³-hybridized carbons (Fsp3) is 0.471. The maximum atomic E-state index is 6.10. The van der Waals surface area contributed by atoms with Crippen molar-refractivity contribution in [1.82, 2.24) is 4.98 Å². The van der Waals surface area contributed by atoms with Gasteiger partial charge < -0.3 is 11.1 Å². The van der Waals surface area contributed by atoms with Gasteiger partial charge in [0.25, 0.3) is 0 Å². The maximum absolute atomic E-state index is 6.10. The zero-order valence-corrected chi connectivity index (χ0v) is 12.1. The van der Waals surface area contributed by atoms with Crippen LogP contribution in [0.15, 0.2) is 36.5 Å². The molecule has 0 amide bonds. The van der Waals surface area contributed by atoms with Crippen molar-refractivity contribution in [3.8, 4) is 0 Å². The average molecular weight is 269 g/mol. The SMILES string of the molecule is CC1CCCC(CN)(Nc2nccc3ccccc23)C1. The first-order valence-electron chi connectivity index (χ1n) is 7.54. The van der Waals surface area contributed by atoms with E-state index in [1.165, 1.54) is 23.6 Å². The predicted molar refractivity (Wildman–Crippen MR) is 84.8 cm³/mol. The molecule has 0 aliphatic heterocycles. The highest BCUT2D eigenvalue weighted by atomic mass is 15.1. The lowest BCUT2D eigenvalue weighted by atomic mass is 9.76. The van der Waals surface area contributed by atoms with Crippen molar-refractivity contribution in [3.63, 3.8) is 0 Å². The Morgan fingerprint density at radius 1 is 1.35 bits per heavy atom. The van der Waals surface area contributed by atoms with Gasteiger partial charge in [-0.05, 0) is 30.2 Å². The topological polar surface area (TPSA) is 50.9 Å². The Kier molecular flexibility index (Phi) is 3.62. The van der Waals surface area contributed by atoms with E-state index in [1.807, 2.05) is 6.20 Å². The quantitative estimate of drug-likeness (QED) is 0.896. The number of benzene rings is 1. The molecule has 0 spiro atoms. The van der Waals surface area contributed by atoms with Crippen LogP contribution in [0, 0.1) is 5.92 Å². The molecule has 20 heavy (non-hydrogen) atoms. The van der Waals surface area contributed by atoms with Crippen molar-refractivity contribution in [1.29, 1.82) is 0 Å². The molecule has 0 saturated heterocycles. The van der Waals surface area contributed by atoms with E-state index in [9.17, 15) is 0 Å². The highest BCUT2D eigenvalue weighted by Gasteiger charge is 2.34. The Morgan fingerprint density at radius 3 is 3.00 bits per heavy atom. The monoisotopic (exact) mass is 269 g/mol. The van der Waals surface area contributed by atoms with Gasteiger partial charge in [0.05, 0.1) is 5.54 Å². The van der Waals surface area contributed by atoms with Gasteiger partial charge in [-0.2, -0.15) is 0 Å². The largest absolute Gasteiger partial charge is 0.363 e.